The van der Waals surface area contributed by atoms with E-state index in [1.807, 2.05) is 17.6 Å². The average molecular weight is 207 g/mol. The predicted octanol–water partition coefficient (Wildman–Crippen LogP) is 2.06. The number of aromatic nitrogens is 1. The molecule has 0 saturated carbocycles. The van der Waals surface area contributed by atoms with Gasteiger partial charge in [-0.05, 0) is 25.1 Å². The first kappa shape index (κ1) is 9.43. The molecule has 0 fully saturated rings. The second kappa shape index (κ2) is 3.94. The third-order valence-electron chi connectivity index (χ3n) is 2.10. The summed E-state index contributed by atoms with van der Waals surface area (Å²) in [6.07, 6.45) is 0. The summed E-state index contributed by atoms with van der Waals surface area (Å²) in [5, 5.41) is 3.33. The minimum Gasteiger partial charge on any atom is -0.381 e. The summed E-state index contributed by atoms with van der Waals surface area (Å²) < 4.78 is 1.21. The van der Waals surface area contributed by atoms with E-state index in [9.17, 15) is 0 Å². The fraction of sp³-hybridized carbons (Fsp3) is 0.300. The minimum absolute atomic E-state index is 0.306. The molecule has 0 bridgehead atoms. The number of hydrogen-bond donors (Lipinski definition) is 2. The van der Waals surface area contributed by atoms with Crippen LogP contribution in [-0.4, -0.2) is 17.6 Å². The highest BCUT2D eigenvalue weighted by atomic mass is 32.1. The fourth-order valence-electron chi connectivity index (χ4n) is 1.29. The van der Waals surface area contributed by atoms with Crippen LogP contribution in [0.25, 0.3) is 10.2 Å². The second-order valence-electron chi connectivity index (χ2n) is 3.32. The van der Waals surface area contributed by atoms with Crippen LogP contribution < -0.4 is 11.1 Å². The normalized spacial score (nSPS) is 13.0. The minimum atomic E-state index is 0.306. The Balaban J connectivity index is 2.25. The molecule has 74 valence electrons. The molecule has 1 atom stereocenters. The van der Waals surface area contributed by atoms with Crippen LogP contribution in [0.3, 0.4) is 0 Å². The Morgan fingerprint density at radius 3 is 3.21 bits per heavy atom. The topological polar surface area (TPSA) is 50.9 Å². The van der Waals surface area contributed by atoms with Crippen molar-refractivity contribution < 1.29 is 0 Å². The Morgan fingerprint density at radius 2 is 2.43 bits per heavy atom. The zero-order valence-electron chi connectivity index (χ0n) is 8.03. The second-order valence-corrected chi connectivity index (χ2v) is 4.20. The SMILES string of the molecule is CC(CN)Nc1ccc2ncsc2c1. The van der Waals surface area contributed by atoms with E-state index in [2.05, 4.69) is 23.3 Å². The van der Waals surface area contributed by atoms with Gasteiger partial charge in [0.25, 0.3) is 0 Å². The van der Waals surface area contributed by atoms with Crippen molar-refractivity contribution in [1.29, 1.82) is 0 Å². The van der Waals surface area contributed by atoms with Gasteiger partial charge in [0.1, 0.15) is 0 Å². The predicted molar refractivity (Wildman–Crippen MR) is 61.8 cm³/mol. The van der Waals surface area contributed by atoms with Gasteiger partial charge in [-0.15, -0.1) is 11.3 Å². The highest BCUT2D eigenvalue weighted by molar-refractivity contribution is 7.16. The summed E-state index contributed by atoms with van der Waals surface area (Å²) in [6.45, 7) is 2.71. The molecule has 0 aliphatic rings. The molecule has 1 heterocycles. The molecule has 3 N–H and O–H groups in total. The molecule has 0 radical (unpaired) electrons. The van der Waals surface area contributed by atoms with Crippen LogP contribution >= 0.6 is 11.3 Å². The Bertz CT molecular complexity index is 424. The number of anilines is 1. The molecule has 0 aliphatic carbocycles. The summed E-state index contributed by atoms with van der Waals surface area (Å²) in [5.74, 6) is 0. The van der Waals surface area contributed by atoms with Crippen molar-refractivity contribution >= 4 is 27.2 Å². The van der Waals surface area contributed by atoms with Crippen LogP contribution in [0, 0.1) is 0 Å². The zero-order valence-corrected chi connectivity index (χ0v) is 8.84. The van der Waals surface area contributed by atoms with Gasteiger partial charge in [-0.3, -0.25) is 0 Å². The van der Waals surface area contributed by atoms with Crippen LogP contribution in [0.5, 0.6) is 0 Å². The number of thiazole rings is 1. The van der Waals surface area contributed by atoms with Gasteiger partial charge in [-0.1, -0.05) is 0 Å². The van der Waals surface area contributed by atoms with E-state index in [4.69, 9.17) is 5.73 Å². The molecule has 1 aromatic heterocycles. The highest BCUT2D eigenvalue weighted by Gasteiger charge is 2.01. The van der Waals surface area contributed by atoms with Gasteiger partial charge in [0, 0.05) is 18.3 Å². The zero-order chi connectivity index (χ0) is 9.97. The van der Waals surface area contributed by atoms with Crippen molar-refractivity contribution in [3.63, 3.8) is 0 Å². The third-order valence-corrected chi connectivity index (χ3v) is 2.89. The van der Waals surface area contributed by atoms with Crippen LogP contribution in [0.2, 0.25) is 0 Å². The number of rotatable bonds is 3. The standard InChI is InChI=1S/C10H13N3S/c1-7(5-11)13-8-2-3-9-10(4-8)14-6-12-9/h2-4,6-7,13H,5,11H2,1H3. The van der Waals surface area contributed by atoms with E-state index in [1.54, 1.807) is 11.3 Å². The lowest BCUT2D eigenvalue weighted by Crippen LogP contribution is -2.24. The van der Waals surface area contributed by atoms with Crippen LogP contribution in [0.4, 0.5) is 5.69 Å². The highest BCUT2D eigenvalue weighted by Crippen LogP contribution is 2.21. The van der Waals surface area contributed by atoms with Gasteiger partial charge < -0.3 is 11.1 Å². The lowest BCUT2D eigenvalue weighted by Gasteiger charge is -2.12. The van der Waals surface area contributed by atoms with Crippen molar-refractivity contribution in [2.45, 2.75) is 13.0 Å². The summed E-state index contributed by atoms with van der Waals surface area (Å²) in [5.41, 5.74) is 9.57. The number of fused-ring (bicyclic) bond motifs is 1. The first-order valence-electron chi connectivity index (χ1n) is 4.59. The van der Waals surface area contributed by atoms with E-state index in [1.165, 1.54) is 4.70 Å². The van der Waals surface area contributed by atoms with E-state index >= 15 is 0 Å². The fourth-order valence-corrected chi connectivity index (χ4v) is 2.00. The maximum Gasteiger partial charge on any atom is 0.0813 e. The number of benzene rings is 1. The number of nitrogens with two attached hydrogens (primary N) is 1. The third kappa shape index (κ3) is 1.86. The molecule has 0 amide bonds. The van der Waals surface area contributed by atoms with E-state index in [-0.39, 0.29) is 0 Å². The van der Waals surface area contributed by atoms with Gasteiger partial charge in [0.2, 0.25) is 0 Å². The van der Waals surface area contributed by atoms with E-state index in [0.29, 0.717) is 12.6 Å². The lowest BCUT2D eigenvalue weighted by molar-refractivity contribution is 0.804. The smallest absolute Gasteiger partial charge is 0.0813 e. The molecular weight excluding hydrogens is 194 g/mol. The Morgan fingerprint density at radius 1 is 1.57 bits per heavy atom. The monoisotopic (exact) mass is 207 g/mol. The summed E-state index contributed by atoms with van der Waals surface area (Å²) >= 11 is 1.65. The number of nitrogens with zero attached hydrogens (tertiary/aromatic N) is 1. The van der Waals surface area contributed by atoms with E-state index in [0.717, 1.165) is 11.2 Å². The van der Waals surface area contributed by atoms with Crippen molar-refractivity contribution in [3.8, 4) is 0 Å². The largest absolute Gasteiger partial charge is 0.381 e. The Labute approximate surface area is 87.0 Å². The molecule has 1 unspecified atom stereocenters. The van der Waals surface area contributed by atoms with Gasteiger partial charge in [0.15, 0.2) is 0 Å². The van der Waals surface area contributed by atoms with Crippen molar-refractivity contribution in [3.05, 3.63) is 23.7 Å². The van der Waals surface area contributed by atoms with Crippen molar-refractivity contribution in [2.75, 3.05) is 11.9 Å². The Hall–Kier alpha value is -1.13. The van der Waals surface area contributed by atoms with Crippen LogP contribution in [0.1, 0.15) is 6.92 Å². The van der Waals surface area contributed by atoms with Crippen molar-refractivity contribution in [2.24, 2.45) is 5.73 Å². The molecule has 14 heavy (non-hydrogen) atoms. The molecule has 2 rings (SSSR count). The van der Waals surface area contributed by atoms with Crippen molar-refractivity contribution in [1.82, 2.24) is 4.98 Å². The maximum absolute atomic E-state index is 5.54. The van der Waals surface area contributed by atoms with Gasteiger partial charge in [-0.25, -0.2) is 4.98 Å². The van der Waals surface area contributed by atoms with Gasteiger partial charge in [0.05, 0.1) is 15.7 Å². The maximum atomic E-state index is 5.54. The summed E-state index contributed by atoms with van der Waals surface area (Å²) in [4.78, 5) is 4.23. The van der Waals surface area contributed by atoms with Crippen LogP contribution in [0.15, 0.2) is 23.7 Å². The summed E-state index contributed by atoms with van der Waals surface area (Å²) in [7, 11) is 0. The lowest BCUT2D eigenvalue weighted by atomic mass is 10.2. The molecule has 1 aromatic carbocycles. The Kier molecular flexibility index (Phi) is 2.65. The quantitative estimate of drug-likeness (QED) is 0.810. The number of hydrogen-bond acceptors (Lipinski definition) is 4. The molecule has 0 spiro atoms. The van der Waals surface area contributed by atoms with E-state index < -0.39 is 0 Å². The molecule has 2 aromatic rings. The first-order valence-corrected chi connectivity index (χ1v) is 5.47. The molecular formula is C10H13N3S. The molecule has 0 saturated heterocycles. The average Bonchev–Trinajstić information content (AvgIpc) is 2.64. The number of nitrogens with one attached hydrogen (secondary N) is 1. The first-order chi connectivity index (χ1) is 6.79. The summed E-state index contributed by atoms with van der Waals surface area (Å²) in [6, 6.07) is 6.48. The van der Waals surface area contributed by atoms with Crippen LogP contribution in [-0.2, 0) is 0 Å². The van der Waals surface area contributed by atoms with Gasteiger partial charge >= 0.3 is 0 Å². The van der Waals surface area contributed by atoms with Gasteiger partial charge in [-0.2, -0.15) is 0 Å². The molecule has 4 heteroatoms. The molecule has 0 aliphatic heterocycles. The molecule has 3 nitrogen and oxygen atoms in total.